The Labute approximate surface area is 223 Å². The fraction of sp³-hybridized carbons (Fsp3) is 0.594. The van der Waals surface area contributed by atoms with Crippen molar-refractivity contribution in [3.05, 3.63) is 59.7 Å². The third-order valence-corrected chi connectivity index (χ3v) is 7.12. The van der Waals surface area contributed by atoms with E-state index in [0.29, 0.717) is 43.0 Å². The summed E-state index contributed by atoms with van der Waals surface area (Å²) in [5.41, 5.74) is 1.40. The van der Waals surface area contributed by atoms with E-state index >= 15 is 0 Å². The zero-order valence-electron chi connectivity index (χ0n) is 23.1. The van der Waals surface area contributed by atoms with Crippen LogP contribution in [0.25, 0.3) is 0 Å². The lowest BCUT2D eigenvalue weighted by atomic mass is 9.94. The molecule has 0 bridgehead atoms. The molecule has 1 aliphatic rings. The SMILES string of the molecule is CCCCCCCCCCOc1ccc(OC(=O)c2ccc(C3OCC(CC(C)CC)CO3)cc2)cc1. The molecule has 0 spiro atoms. The summed E-state index contributed by atoms with van der Waals surface area (Å²) in [7, 11) is 0. The summed E-state index contributed by atoms with van der Waals surface area (Å²) in [5.74, 6) is 2.04. The molecule has 0 radical (unpaired) electrons. The molecule has 2 aromatic carbocycles. The Hall–Kier alpha value is -2.37. The summed E-state index contributed by atoms with van der Waals surface area (Å²) in [4.78, 5) is 12.6. The predicted octanol–water partition coefficient (Wildman–Crippen LogP) is 8.52. The molecule has 2 aromatic rings. The number of carbonyl (C=O) groups is 1. The van der Waals surface area contributed by atoms with Crippen LogP contribution in [0.1, 0.15) is 107 Å². The number of carbonyl (C=O) groups excluding carboxylic acids is 1. The molecule has 1 saturated heterocycles. The van der Waals surface area contributed by atoms with Gasteiger partial charge in [0.05, 0.1) is 25.4 Å². The van der Waals surface area contributed by atoms with E-state index in [-0.39, 0.29) is 6.29 Å². The third-order valence-electron chi connectivity index (χ3n) is 7.12. The largest absolute Gasteiger partial charge is 0.494 e. The zero-order chi connectivity index (χ0) is 26.3. The Balaban J connectivity index is 1.35. The molecule has 1 aliphatic heterocycles. The molecule has 1 fully saturated rings. The van der Waals surface area contributed by atoms with Crippen LogP contribution in [0.15, 0.2) is 48.5 Å². The maximum atomic E-state index is 12.6. The summed E-state index contributed by atoms with van der Waals surface area (Å²) < 4.78 is 23.3. The second-order valence-electron chi connectivity index (χ2n) is 10.4. The second kappa shape index (κ2) is 16.5. The highest BCUT2D eigenvalue weighted by molar-refractivity contribution is 5.91. The molecule has 1 heterocycles. The predicted molar refractivity (Wildman–Crippen MR) is 148 cm³/mol. The van der Waals surface area contributed by atoms with E-state index in [2.05, 4.69) is 20.8 Å². The summed E-state index contributed by atoms with van der Waals surface area (Å²) in [6.45, 7) is 8.86. The number of unbranched alkanes of at least 4 members (excludes halogenated alkanes) is 7. The van der Waals surface area contributed by atoms with Gasteiger partial charge in [0.2, 0.25) is 0 Å². The van der Waals surface area contributed by atoms with Crippen molar-refractivity contribution in [2.75, 3.05) is 19.8 Å². The van der Waals surface area contributed by atoms with Gasteiger partial charge in [-0.25, -0.2) is 4.79 Å². The topological polar surface area (TPSA) is 54.0 Å². The fourth-order valence-corrected chi connectivity index (χ4v) is 4.58. The first kappa shape index (κ1) is 29.2. The average molecular weight is 511 g/mol. The highest BCUT2D eigenvalue weighted by Crippen LogP contribution is 2.29. The van der Waals surface area contributed by atoms with Crippen molar-refractivity contribution in [1.29, 1.82) is 0 Å². The molecular formula is C32H46O5. The minimum Gasteiger partial charge on any atom is -0.494 e. The Morgan fingerprint density at radius 3 is 2.05 bits per heavy atom. The minimum atomic E-state index is -0.391. The van der Waals surface area contributed by atoms with Crippen molar-refractivity contribution < 1.29 is 23.7 Å². The summed E-state index contributed by atoms with van der Waals surface area (Å²) in [6, 6.07) is 14.5. The van der Waals surface area contributed by atoms with Crippen LogP contribution >= 0.6 is 0 Å². The lowest BCUT2D eigenvalue weighted by Gasteiger charge is -2.30. The van der Waals surface area contributed by atoms with Crippen LogP contribution in [-0.4, -0.2) is 25.8 Å². The fourth-order valence-electron chi connectivity index (χ4n) is 4.58. The monoisotopic (exact) mass is 510 g/mol. The highest BCUT2D eigenvalue weighted by atomic mass is 16.7. The van der Waals surface area contributed by atoms with E-state index in [4.69, 9.17) is 18.9 Å². The highest BCUT2D eigenvalue weighted by Gasteiger charge is 2.24. The van der Waals surface area contributed by atoms with Gasteiger partial charge in [0.15, 0.2) is 6.29 Å². The maximum Gasteiger partial charge on any atom is 0.343 e. The van der Waals surface area contributed by atoms with E-state index in [9.17, 15) is 4.79 Å². The van der Waals surface area contributed by atoms with Crippen LogP contribution in [0.2, 0.25) is 0 Å². The first-order chi connectivity index (χ1) is 18.1. The van der Waals surface area contributed by atoms with Gasteiger partial charge in [-0.1, -0.05) is 84.3 Å². The minimum absolute atomic E-state index is 0.378. The van der Waals surface area contributed by atoms with Crippen LogP contribution < -0.4 is 9.47 Å². The molecule has 1 unspecified atom stereocenters. The Morgan fingerprint density at radius 2 is 1.43 bits per heavy atom. The van der Waals surface area contributed by atoms with E-state index in [1.165, 1.54) is 51.4 Å². The molecule has 0 aliphatic carbocycles. The van der Waals surface area contributed by atoms with E-state index < -0.39 is 5.97 Å². The lowest BCUT2D eigenvalue weighted by Crippen LogP contribution is -2.28. The first-order valence-electron chi connectivity index (χ1n) is 14.4. The van der Waals surface area contributed by atoms with Crippen LogP contribution in [0.3, 0.4) is 0 Å². The van der Waals surface area contributed by atoms with Gasteiger partial charge in [0, 0.05) is 11.5 Å². The molecule has 5 nitrogen and oxygen atoms in total. The number of esters is 1. The van der Waals surface area contributed by atoms with Gasteiger partial charge in [-0.2, -0.15) is 0 Å². The lowest BCUT2D eigenvalue weighted by molar-refractivity contribution is -0.207. The quantitative estimate of drug-likeness (QED) is 0.129. The Bertz CT molecular complexity index is 884. The summed E-state index contributed by atoms with van der Waals surface area (Å²) >= 11 is 0. The molecule has 5 heteroatoms. The molecule has 0 N–H and O–H groups in total. The number of hydrogen-bond donors (Lipinski definition) is 0. The molecule has 204 valence electrons. The standard InChI is InChI=1S/C32H46O5/c1-4-6-7-8-9-10-11-12-21-34-29-17-19-30(20-18-29)37-31(33)27-13-15-28(16-14-27)32-35-23-26(24-36-32)22-25(3)5-2/h13-20,25-26,32H,4-12,21-24H2,1-3H3. The van der Waals surface area contributed by atoms with Crippen molar-refractivity contribution in [1.82, 2.24) is 0 Å². The van der Waals surface area contributed by atoms with Crippen molar-refractivity contribution in [2.24, 2.45) is 11.8 Å². The molecule has 0 saturated carbocycles. The summed E-state index contributed by atoms with van der Waals surface area (Å²) in [6.07, 6.45) is 12.2. The van der Waals surface area contributed by atoms with Gasteiger partial charge in [-0.05, 0) is 55.2 Å². The number of ether oxygens (including phenoxy) is 4. The van der Waals surface area contributed by atoms with Gasteiger partial charge in [-0.3, -0.25) is 0 Å². The van der Waals surface area contributed by atoms with Crippen molar-refractivity contribution in [3.63, 3.8) is 0 Å². The van der Waals surface area contributed by atoms with Crippen LogP contribution in [0, 0.1) is 11.8 Å². The normalized spacial score (nSPS) is 18.4. The molecule has 37 heavy (non-hydrogen) atoms. The van der Waals surface area contributed by atoms with Crippen LogP contribution in [0.4, 0.5) is 0 Å². The average Bonchev–Trinajstić information content (AvgIpc) is 2.93. The van der Waals surface area contributed by atoms with E-state index in [1.54, 1.807) is 24.3 Å². The Morgan fingerprint density at radius 1 is 0.838 bits per heavy atom. The van der Waals surface area contributed by atoms with Crippen molar-refractivity contribution in [3.8, 4) is 11.5 Å². The van der Waals surface area contributed by atoms with Gasteiger partial charge in [0.1, 0.15) is 11.5 Å². The van der Waals surface area contributed by atoms with E-state index in [1.807, 2.05) is 24.3 Å². The maximum absolute atomic E-state index is 12.6. The smallest absolute Gasteiger partial charge is 0.343 e. The number of hydrogen-bond acceptors (Lipinski definition) is 5. The van der Waals surface area contributed by atoms with Gasteiger partial charge < -0.3 is 18.9 Å². The molecular weight excluding hydrogens is 464 g/mol. The van der Waals surface area contributed by atoms with E-state index in [0.717, 1.165) is 24.2 Å². The Kier molecular flexibility index (Phi) is 13.0. The molecule has 3 rings (SSSR count). The van der Waals surface area contributed by atoms with Gasteiger partial charge in [-0.15, -0.1) is 0 Å². The zero-order valence-corrected chi connectivity index (χ0v) is 23.1. The summed E-state index contributed by atoms with van der Waals surface area (Å²) in [5, 5.41) is 0. The van der Waals surface area contributed by atoms with Crippen molar-refractivity contribution >= 4 is 5.97 Å². The number of benzene rings is 2. The van der Waals surface area contributed by atoms with Gasteiger partial charge >= 0.3 is 5.97 Å². The van der Waals surface area contributed by atoms with Crippen LogP contribution in [0.5, 0.6) is 11.5 Å². The van der Waals surface area contributed by atoms with Gasteiger partial charge in [0.25, 0.3) is 0 Å². The molecule has 0 aromatic heterocycles. The first-order valence-corrected chi connectivity index (χ1v) is 14.4. The molecule has 0 amide bonds. The third kappa shape index (κ3) is 10.5. The second-order valence-corrected chi connectivity index (χ2v) is 10.4. The molecule has 1 atom stereocenters. The number of rotatable bonds is 16. The van der Waals surface area contributed by atoms with Crippen LogP contribution in [-0.2, 0) is 9.47 Å². The van der Waals surface area contributed by atoms with Crippen molar-refractivity contribution in [2.45, 2.75) is 91.3 Å².